The lowest BCUT2D eigenvalue weighted by Gasteiger charge is -2.24. The van der Waals surface area contributed by atoms with Gasteiger partial charge in [-0.05, 0) is 38.5 Å². The van der Waals surface area contributed by atoms with Gasteiger partial charge in [-0.1, -0.05) is 154 Å². The Bertz CT molecular complexity index is 907. The van der Waals surface area contributed by atoms with E-state index in [2.05, 4.69) is 26.0 Å². The number of carbonyl (C=O) groups is 2. The lowest BCUT2D eigenvalue weighted by atomic mass is 10.0. The van der Waals surface area contributed by atoms with Crippen LogP contribution in [-0.4, -0.2) is 74.9 Å². The highest BCUT2D eigenvalue weighted by Crippen LogP contribution is 2.43. The van der Waals surface area contributed by atoms with Crippen LogP contribution in [-0.2, 0) is 32.7 Å². The second kappa shape index (κ2) is 35.5. The van der Waals surface area contributed by atoms with Crippen molar-refractivity contribution in [3.63, 3.8) is 0 Å². The molecule has 0 rings (SSSR count). The van der Waals surface area contributed by atoms with Crippen molar-refractivity contribution in [2.24, 2.45) is 0 Å². The molecule has 0 saturated carbocycles. The van der Waals surface area contributed by atoms with Crippen LogP contribution in [0.1, 0.15) is 194 Å². The first-order valence-electron chi connectivity index (χ1n) is 21.4. The zero-order valence-electron chi connectivity index (χ0n) is 34.6. The molecule has 308 valence electrons. The van der Waals surface area contributed by atoms with Gasteiger partial charge in [0.15, 0.2) is 6.10 Å². The van der Waals surface area contributed by atoms with E-state index >= 15 is 0 Å². The molecule has 0 aromatic carbocycles. The molecule has 0 aromatic rings. The van der Waals surface area contributed by atoms with Crippen molar-refractivity contribution < 1.29 is 42.1 Å². The molecule has 0 radical (unpaired) electrons. The number of phosphoric ester groups is 1. The van der Waals surface area contributed by atoms with Crippen molar-refractivity contribution in [3.05, 3.63) is 12.2 Å². The second-order valence-electron chi connectivity index (χ2n) is 15.7. The monoisotopic (exact) mass is 761 g/mol. The zero-order valence-corrected chi connectivity index (χ0v) is 35.5. The summed E-state index contributed by atoms with van der Waals surface area (Å²) in [6.45, 7) is 4.42. The van der Waals surface area contributed by atoms with Gasteiger partial charge in [-0.3, -0.25) is 18.6 Å². The topological polar surface area (TPSA) is 108 Å². The predicted octanol–water partition coefficient (Wildman–Crippen LogP) is 11.8. The van der Waals surface area contributed by atoms with Gasteiger partial charge in [0.05, 0.1) is 27.7 Å². The fraction of sp³-hybridized carbons (Fsp3) is 0.905. The first-order chi connectivity index (χ1) is 25.0. The van der Waals surface area contributed by atoms with E-state index in [0.717, 1.165) is 51.4 Å². The minimum atomic E-state index is -4.37. The van der Waals surface area contributed by atoms with Crippen LogP contribution in [0.3, 0.4) is 0 Å². The normalized spacial score (nSPS) is 13.7. The first-order valence-corrected chi connectivity index (χ1v) is 22.9. The molecule has 0 aliphatic rings. The highest BCUT2D eigenvalue weighted by Gasteiger charge is 2.27. The summed E-state index contributed by atoms with van der Waals surface area (Å²) in [5, 5.41) is 0. The Morgan fingerprint density at radius 2 is 0.981 bits per heavy atom. The molecule has 52 heavy (non-hydrogen) atoms. The average Bonchev–Trinajstić information content (AvgIpc) is 3.09. The first kappa shape index (κ1) is 50.8. The summed E-state index contributed by atoms with van der Waals surface area (Å²) >= 11 is 0. The molecule has 1 unspecified atom stereocenters. The highest BCUT2D eigenvalue weighted by atomic mass is 31.2. The Morgan fingerprint density at radius 3 is 1.42 bits per heavy atom. The highest BCUT2D eigenvalue weighted by molar-refractivity contribution is 7.47. The van der Waals surface area contributed by atoms with Crippen molar-refractivity contribution in [1.29, 1.82) is 0 Å². The number of carbonyl (C=O) groups excluding carboxylic acids is 2. The summed E-state index contributed by atoms with van der Waals surface area (Å²) in [7, 11) is 1.48. The molecule has 0 spiro atoms. The molecule has 0 bridgehead atoms. The maximum atomic E-state index is 12.7. The number of unbranched alkanes of at least 4 members (excludes halogenated alkanes) is 23. The third kappa shape index (κ3) is 38.5. The summed E-state index contributed by atoms with van der Waals surface area (Å²) in [6.07, 6.45) is 35.3. The van der Waals surface area contributed by atoms with Crippen LogP contribution in [0.4, 0.5) is 0 Å². The van der Waals surface area contributed by atoms with Gasteiger partial charge in [-0.2, -0.15) is 0 Å². The van der Waals surface area contributed by atoms with E-state index < -0.39 is 26.5 Å². The standard InChI is InChI=1S/C42H82NO8P/c1-6-8-10-12-14-16-18-20-21-23-25-27-29-31-33-35-42(45)51-40(39-50-52(46,47)49-37-36-43(3,4)5)38-48-41(44)34-32-30-28-26-24-22-19-17-15-13-11-9-7-2/h20-21,40H,6-19,22-39H2,1-5H3/p+1/b21-20+/t40-/m0/s1. The number of hydrogen-bond donors (Lipinski definition) is 1. The maximum Gasteiger partial charge on any atom is 0.472 e. The molecule has 2 atom stereocenters. The van der Waals surface area contributed by atoms with Crippen LogP contribution in [0, 0.1) is 0 Å². The molecule has 0 amide bonds. The third-order valence-electron chi connectivity index (χ3n) is 9.30. The van der Waals surface area contributed by atoms with Gasteiger partial charge in [-0.25, -0.2) is 4.57 Å². The molecule has 9 nitrogen and oxygen atoms in total. The number of likely N-dealkylation sites (N-methyl/N-ethyl adjacent to an activating group) is 1. The van der Waals surface area contributed by atoms with E-state index in [0.29, 0.717) is 23.9 Å². The Hall–Kier alpha value is -1.25. The van der Waals surface area contributed by atoms with E-state index in [1.54, 1.807) is 0 Å². The lowest BCUT2D eigenvalue weighted by Crippen LogP contribution is -2.37. The molecule has 0 aliphatic heterocycles. The van der Waals surface area contributed by atoms with E-state index in [-0.39, 0.29) is 25.6 Å². The van der Waals surface area contributed by atoms with Crippen molar-refractivity contribution in [2.75, 3.05) is 47.5 Å². The summed E-state index contributed by atoms with van der Waals surface area (Å²) < 4.78 is 34.3. The van der Waals surface area contributed by atoms with Crippen LogP contribution in [0.2, 0.25) is 0 Å². The number of nitrogens with zero attached hydrogens (tertiary/aromatic N) is 1. The molecular weight excluding hydrogens is 677 g/mol. The second-order valence-corrected chi connectivity index (χ2v) is 17.2. The summed E-state index contributed by atoms with van der Waals surface area (Å²) in [4.78, 5) is 35.3. The predicted molar refractivity (Wildman–Crippen MR) is 215 cm³/mol. The fourth-order valence-electron chi connectivity index (χ4n) is 5.89. The number of allylic oxidation sites excluding steroid dienone is 2. The summed E-state index contributed by atoms with van der Waals surface area (Å²) in [6, 6.07) is 0. The molecule has 0 aliphatic carbocycles. The number of quaternary nitrogens is 1. The number of rotatable bonds is 39. The van der Waals surface area contributed by atoms with Gasteiger partial charge < -0.3 is 18.9 Å². The van der Waals surface area contributed by atoms with Crippen LogP contribution < -0.4 is 0 Å². The van der Waals surface area contributed by atoms with E-state index in [4.69, 9.17) is 18.5 Å². The number of hydrogen-bond acceptors (Lipinski definition) is 7. The van der Waals surface area contributed by atoms with Crippen molar-refractivity contribution >= 4 is 19.8 Å². The van der Waals surface area contributed by atoms with Crippen molar-refractivity contribution in [3.8, 4) is 0 Å². The summed E-state index contributed by atoms with van der Waals surface area (Å²) in [5.74, 6) is -0.801. The Balaban J connectivity index is 4.37. The Kier molecular flexibility index (Phi) is 34.6. The van der Waals surface area contributed by atoms with Crippen LogP contribution in [0.5, 0.6) is 0 Å². The summed E-state index contributed by atoms with van der Waals surface area (Å²) in [5.41, 5.74) is 0. The molecule has 0 fully saturated rings. The van der Waals surface area contributed by atoms with Gasteiger partial charge in [0.1, 0.15) is 19.8 Å². The van der Waals surface area contributed by atoms with Crippen molar-refractivity contribution in [1.82, 2.24) is 0 Å². The minimum Gasteiger partial charge on any atom is -0.462 e. The molecular formula is C42H83NO8P+. The SMILES string of the molecule is CCCCCCCC/C=C/CCCCCCCC(=O)O[C@@H](COC(=O)CCCCCCCCCCCCCCC)COP(=O)(O)OCC[N+](C)(C)C. The van der Waals surface area contributed by atoms with Gasteiger partial charge in [0.2, 0.25) is 0 Å². The van der Waals surface area contributed by atoms with Gasteiger partial charge >= 0.3 is 19.8 Å². The van der Waals surface area contributed by atoms with E-state index in [9.17, 15) is 19.0 Å². The van der Waals surface area contributed by atoms with Gasteiger partial charge in [-0.15, -0.1) is 0 Å². The maximum absolute atomic E-state index is 12.7. The Labute approximate surface area is 320 Å². The van der Waals surface area contributed by atoms with Crippen LogP contribution in [0.15, 0.2) is 12.2 Å². The Morgan fingerprint density at radius 1 is 0.577 bits per heavy atom. The van der Waals surface area contributed by atoms with E-state index in [1.807, 2.05) is 21.1 Å². The molecule has 1 N–H and O–H groups in total. The molecule has 0 aromatic heterocycles. The lowest BCUT2D eigenvalue weighted by molar-refractivity contribution is -0.870. The van der Waals surface area contributed by atoms with Crippen LogP contribution >= 0.6 is 7.82 Å². The smallest absolute Gasteiger partial charge is 0.462 e. The third-order valence-corrected chi connectivity index (χ3v) is 10.3. The molecule has 0 saturated heterocycles. The fourth-order valence-corrected chi connectivity index (χ4v) is 6.63. The number of ether oxygens (including phenoxy) is 2. The number of esters is 2. The molecule has 10 heteroatoms. The molecule has 0 heterocycles. The minimum absolute atomic E-state index is 0.0331. The largest absolute Gasteiger partial charge is 0.472 e. The van der Waals surface area contributed by atoms with Crippen LogP contribution in [0.25, 0.3) is 0 Å². The quantitative estimate of drug-likeness (QED) is 0.0217. The van der Waals surface area contributed by atoms with Gasteiger partial charge in [0, 0.05) is 12.8 Å². The van der Waals surface area contributed by atoms with Gasteiger partial charge in [0.25, 0.3) is 0 Å². The number of phosphoric acid groups is 1. The zero-order chi connectivity index (χ0) is 38.6. The van der Waals surface area contributed by atoms with Crippen molar-refractivity contribution in [2.45, 2.75) is 200 Å². The average molecular weight is 761 g/mol. The van der Waals surface area contributed by atoms with E-state index in [1.165, 1.54) is 109 Å².